The summed E-state index contributed by atoms with van der Waals surface area (Å²) in [5, 5.41) is 9.71. The van der Waals surface area contributed by atoms with Crippen LogP contribution in [0, 0.1) is 0 Å². The van der Waals surface area contributed by atoms with Gasteiger partial charge in [0.25, 0.3) is 0 Å². The molecule has 1 aromatic rings. The SMILES string of the molecule is COC(=O)CCN(CCO)C(=O)CCCc1ccc(Cl)cc1. The maximum Gasteiger partial charge on any atom is 0.307 e. The number of amides is 1. The second-order valence-corrected chi connectivity index (χ2v) is 5.35. The van der Waals surface area contributed by atoms with Gasteiger partial charge in [-0.3, -0.25) is 9.59 Å². The highest BCUT2D eigenvalue weighted by molar-refractivity contribution is 6.30. The van der Waals surface area contributed by atoms with Crippen molar-refractivity contribution in [2.45, 2.75) is 25.7 Å². The number of aliphatic hydroxyl groups excluding tert-OH is 1. The van der Waals surface area contributed by atoms with Crippen molar-refractivity contribution in [3.05, 3.63) is 34.9 Å². The fourth-order valence-corrected chi connectivity index (χ4v) is 2.19. The van der Waals surface area contributed by atoms with Crippen LogP contribution in [0.5, 0.6) is 0 Å². The number of carbonyl (C=O) groups is 2. The van der Waals surface area contributed by atoms with E-state index in [9.17, 15) is 9.59 Å². The number of aryl methyl sites for hydroxylation is 1. The van der Waals surface area contributed by atoms with Crippen LogP contribution >= 0.6 is 11.6 Å². The molecule has 0 aliphatic heterocycles. The molecule has 22 heavy (non-hydrogen) atoms. The topological polar surface area (TPSA) is 66.8 Å². The lowest BCUT2D eigenvalue weighted by Gasteiger charge is -2.21. The molecule has 0 saturated carbocycles. The van der Waals surface area contributed by atoms with E-state index in [1.54, 1.807) is 0 Å². The van der Waals surface area contributed by atoms with Crippen molar-refractivity contribution in [3.63, 3.8) is 0 Å². The number of aliphatic hydroxyl groups is 1. The van der Waals surface area contributed by atoms with Crippen molar-refractivity contribution >= 4 is 23.5 Å². The van der Waals surface area contributed by atoms with Crippen molar-refractivity contribution in [3.8, 4) is 0 Å². The minimum Gasteiger partial charge on any atom is -0.469 e. The lowest BCUT2D eigenvalue weighted by Crippen LogP contribution is -2.35. The Morgan fingerprint density at radius 3 is 2.45 bits per heavy atom. The first-order valence-corrected chi connectivity index (χ1v) is 7.64. The van der Waals surface area contributed by atoms with Gasteiger partial charge < -0.3 is 14.7 Å². The second kappa shape index (κ2) is 10.2. The molecule has 0 aliphatic carbocycles. The van der Waals surface area contributed by atoms with Gasteiger partial charge in [-0.05, 0) is 30.5 Å². The Bertz CT molecular complexity index is 476. The van der Waals surface area contributed by atoms with Gasteiger partial charge in [0.2, 0.25) is 5.91 Å². The van der Waals surface area contributed by atoms with E-state index in [1.165, 1.54) is 12.0 Å². The molecule has 1 rings (SSSR count). The van der Waals surface area contributed by atoms with Crippen LogP contribution < -0.4 is 0 Å². The molecule has 5 nitrogen and oxygen atoms in total. The normalized spacial score (nSPS) is 10.3. The number of hydrogen-bond acceptors (Lipinski definition) is 4. The number of esters is 1. The first kappa shape index (κ1) is 18.5. The first-order valence-electron chi connectivity index (χ1n) is 7.26. The van der Waals surface area contributed by atoms with Crippen LogP contribution in [-0.4, -0.2) is 48.7 Å². The van der Waals surface area contributed by atoms with Gasteiger partial charge in [-0.2, -0.15) is 0 Å². The summed E-state index contributed by atoms with van der Waals surface area (Å²) in [7, 11) is 1.31. The molecule has 0 radical (unpaired) electrons. The Hall–Kier alpha value is -1.59. The minimum absolute atomic E-state index is 0.0630. The number of nitrogens with zero attached hydrogens (tertiary/aromatic N) is 1. The molecule has 0 bridgehead atoms. The zero-order valence-corrected chi connectivity index (χ0v) is 13.5. The largest absolute Gasteiger partial charge is 0.469 e. The molecule has 0 atom stereocenters. The number of hydrogen-bond donors (Lipinski definition) is 1. The van der Waals surface area contributed by atoms with Crippen molar-refractivity contribution in [1.29, 1.82) is 0 Å². The summed E-state index contributed by atoms with van der Waals surface area (Å²) in [6.45, 7) is 0.383. The van der Waals surface area contributed by atoms with Crippen molar-refractivity contribution in [2.24, 2.45) is 0 Å². The number of benzene rings is 1. The van der Waals surface area contributed by atoms with Gasteiger partial charge in [-0.25, -0.2) is 0 Å². The minimum atomic E-state index is -0.364. The van der Waals surface area contributed by atoms with Gasteiger partial charge in [0.1, 0.15) is 0 Å². The van der Waals surface area contributed by atoms with Crippen LogP contribution in [0.1, 0.15) is 24.8 Å². The van der Waals surface area contributed by atoms with Crippen molar-refractivity contribution < 1.29 is 19.4 Å². The first-order chi connectivity index (χ1) is 10.6. The lowest BCUT2D eigenvalue weighted by atomic mass is 10.1. The third-order valence-electron chi connectivity index (χ3n) is 3.31. The van der Waals surface area contributed by atoms with E-state index in [0.717, 1.165) is 12.0 Å². The van der Waals surface area contributed by atoms with E-state index >= 15 is 0 Å². The van der Waals surface area contributed by atoms with Gasteiger partial charge in [-0.1, -0.05) is 23.7 Å². The fraction of sp³-hybridized carbons (Fsp3) is 0.500. The summed E-state index contributed by atoms with van der Waals surface area (Å²) >= 11 is 5.82. The van der Waals surface area contributed by atoms with Crippen LogP contribution in [0.3, 0.4) is 0 Å². The van der Waals surface area contributed by atoms with E-state index in [2.05, 4.69) is 4.74 Å². The Kier molecular flexibility index (Phi) is 8.55. The quantitative estimate of drug-likeness (QED) is 0.705. The van der Waals surface area contributed by atoms with Crippen LogP contribution in [0.25, 0.3) is 0 Å². The molecule has 0 aromatic heterocycles. The van der Waals surface area contributed by atoms with Crippen LogP contribution in [0.2, 0.25) is 5.02 Å². The Labute approximate surface area is 135 Å². The molecule has 0 saturated heterocycles. The van der Waals surface area contributed by atoms with Crippen LogP contribution in [-0.2, 0) is 20.7 Å². The summed E-state index contributed by atoms with van der Waals surface area (Å²) in [4.78, 5) is 24.8. The molecule has 1 N–H and O–H groups in total. The van der Waals surface area contributed by atoms with Gasteiger partial charge in [0.05, 0.1) is 20.1 Å². The van der Waals surface area contributed by atoms with Crippen LogP contribution in [0.4, 0.5) is 0 Å². The third-order valence-corrected chi connectivity index (χ3v) is 3.56. The monoisotopic (exact) mass is 327 g/mol. The van der Waals surface area contributed by atoms with Crippen molar-refractivity contribution in [2.75, 3.05) is 26.8 Å². The summed E-state index contributed by atoms with van der Waals surface area (Å²) in [5.74, 6) is -0.427. The number of halogens is 1. The average Bonchev–Trinajstić information content (AvgIpc) is 2.52. The zero-order chi connectivity index (χ0) is 16.4. The highest BCUT2D eigenvalue weighted by Crippen LogP contribution is 2.12. The number of rotatable bonds is 9. The molecule has 122 valence electrons. The molecular weight excluding hydrogens is 306 g/mol. The van der Waals surface area contributed by atoms with E-state index in [4.69, 9.17) is 16.7 Å². The molecule has 1 aromatic carbocycles. The number of ether oxygens (including phenoxy) is 1. The maximum atomic E-state index is 12.1. The summed E-state index contributed by atoms with van der Waals surface area (Å²) in [6, 6.07) is 7.53. The fourth-order valence-electron chi connectivity index (χ4n) is 2.06. The highest BCUT2D eigenvalue weighted by atomic mass is 35.5. The molecular formula is C16H22ClNO4. The van der Waals surface area contributed by atoms with E-state index in [0.29, 0.717) is 17.9 Å². The number of methoxy groups -OCH3 is 1. The Morgan fingerprint density at radius 2 is 1.86 bits per heavy atom. The third kappa shape index (κ3) is 6.91. The summed E-state index contributed by atoms with van der Waals surface area (Å²) in [6.07, 6.45) is 2.01. The maximum absolute atomic E-state index is 12.1. The zero-order valence-electron chi connectivity index (χ0n) is 12.8. The Balaban J connectivity index is 2.38. The lowest BCUT2D eigenvalue weighted by molar-refractivity contribution is -0.141. The van der Waals surface area contributed by atoms with E-state index < -0.39 is 0 Å². The number of carbonyl (C=O) groups excluding carboxylic acids is 2. The molecule has 0 fully saturated rings. The van der Waals surface area contributed by atoms with E-state index in [1.807, 2.05) is 24.3 Å². The second-order valence-electron chi connectivity index (χ2n) is 4.91. The average molecular weight is 328 g/mol. The molecule has 0 unspecified atom stereocenters. The van der Waals surface area contributed by atoms with Crippen LogP contribution in [0.15, 0.2) is 24.3 Å². The Morgan fingerprint density at radius 1 is 1.18 bits per heavy atom. The molecule has 6 heteroatoms. The smallest absolute Gasteiger partial charge is 0.307 e. The predicted octanol–water partition coefficient (Wildman–Crippen LogP) is 2.05. The molecule has 0 heterocycles. The predicted molar refractivity (Wildman–Crippen MR) is 84.7 cm³/mol. The molecule has 1 amide bonds. The van der Waals surface area contributed by atoms with Gasteiger partial charge in [0, 0.05) is 24.5 Å². The van der Waals surface area contributed by atoms with Gasteiger partial charge >= 0.3 is 5.97 Å². The summed E-state index contributed by atoms with van der Waals surface area (Å²) in [5.41, 5.74) is 1.13. The highest BCUT2D eigenvalue weighted by Gasteiger charge is 2.14. The van der Waals surface area contributed by atoms with Gasteiger partial charge in [-0.15, -0.1) is 0 Å². The molecule has 0 aliphatic rings. The van der Waals surface area contributed by atoms with E-state index in [-0.39, 0.29) is 38.0 Å². The van der Waals surface area contributed by atoms with Crippen molar-refractivity contribution in [1.82, 2.24) is 4.90 Å². The molecule has 0 spiro atoms. The summed E-state index contributed by atoms with van der Waals surface area (Å²) < 4.78 is 4.56. The standard InChI is InChI=1S/C16H22ClNO4/c1-22-16(21)9-10-18(11-12-19)15(20)4-2-3-13-5-7-14(17)8-6-13/h5-8,19H,2-4,9-12H2,1H3. The van der Waals surface area contributed by atoms with Gasteiger partial charge in [0.15, 0.2) is 0 Å².